The van der Waals surface area contributed by atoms with Crippen molar-refractivity contribution in [3.8, 4) is 0 Å². The van der Waals surface area contributed by atoms with Crippen molar-refractivity contribution in [3.63, 3.8) is 0 Å². The van der Waals surface area contributed by atoms with E-state index in [0.717, 1.165) is 12.1 Å². The molecule has 0 aliphatic heterocycles. The standard InChI is InChI=1S/C15H11F4NO2/c1-8-7-9(16)5-6-11(8)20-12-4-2-3-10(15(17,18)19)13(12)14(21)22/h2-7,20H,1H3,(H,21,22). The van der Waals surface area contributed by atoms with E-state index in [2.05, 4.69) is 5.32 Å². The molecule has 0 unspecified atom stereocenters. The van der Waals surface area contributed by atoms with Crippen LogP contribution in [0, 0.1) is 12.7 Å². The van der Waals surface area contributed by atoms with Gasteiger partial charge in [-0.2, -0.15) is 13.2 Å². The second-order valence-corrected chi connectivity index (χ2v) is 4.62. The number of alkyl halides is 3. The van der Waals surface area contributed by atoms with Crippen LogP contribution in [0.3, 0.4) is 0 Å². The van der Waals surface area contributed by atoms with Crippen LogP contribution in [0.2, 0.25) is 0 Å². The normalized spacial score (nSPS) is 11.3. The Bertz CT molecular complexity index is 726. The number of hydrogen-bond acceptors (Lipinski definition) is 2. The van der Waals surface area contributed by atoms with E-state index in [0.29, 0.717) is 17.3 Å². The molecule has 2 aromatic carbocycles. The summed E-state index contributed by atoms with van der Waals surface area (Å²) in [6, 6.07) is 6.68. The van der Waals surface area contributed by atoms with Gasteiger partial charge in [0, 0.05) is 5.69 Å². The van der Waals surface area contributed by atoms with E-state index >= 15 is 0 Å². The van der Waals surface area contributed by atoms with Gasteiger partial charge in [0.05, 0.1) is 16.8 Å². The Kier molecular flexibility index (Phi) is 4.07. The molecule has 0 bridgehead atoms. The summed E-state index contributed by atoms with van der Waals surface area (Å²) in [6.07, 6.45) is -4.79. The number of aryl methyl sites for hydroxylation is 1. The van der Waals surface area contributed by atoms with Gasteiger partial charge in [0.1, 0.15) is 5.82 Å². The molecule has 0 saturated carbocycles. The molecular formula is C15H11F4NO2. The van der Waals surface area contributed by atoms with Gasteiger partial charge in [-0.15, -0.1) is 0 Å². The molecule has 0 aliphatic carbocycles. The van der Waals surface area contributed by atoms with E-state index in [4.69, 9.17) is 5.11 Å². The molecule has 22 heavy (non-hydrogen) atoms. The highest BCUT2D eigenvalue weighted by molar-refractivity contribution is 5.97. The first-order valence-corrected chi connectivity index (χ1v) is 6.17. The van der Waals surface area contributed by atoms with Gasteiger partial charge >= 0.3 is 12.1 Å². The van der Waals surface area contributed by atoms with Gasteiger partial charge in [-0.25, -0.2) is 9.18 Å². The molecule has 0 heterocycles. The summed E-state index contributed by atoms with van der Waals surface area (Å²) in [4.78, 5) is 11.2. The van der Waals surface area contributed by atoms with Gasteiger partial charge in [0.25, 0.3) is 0 Å². The number of halogens is 4. The van der Waals surface area contributed by atoms with Crippen LogP contribution < -0.4 is 5.32 Å². The minimum atomic E-state index is -4.79. The summed E-state index contributed by atoms with van der Waals surface area (Å²) in [5.41, 5.74) is -1.57. The number of carbonyl (C=O) groups is 1. The van der Waals surface area contributed by atoms with E-state index in [9.17, 15) is 22.4 Å². The second kappa shape index (κ2) is 5.67. The highest BCUT2D eigenvalue weighted by Gasteiger charge is 2.36. The number of hydrogen-bond donors (Lipinski definition) is 2. The van der Waals surface area contributed by atoms with E-state index in [1.54, 1.807) is 6.92 Å². The zero-order valence-electron chi connectivity index (χ0n) is 11.3. The highest BCUT2D eigenvalue weighted by Crippen LogP contribution is 2.36. The van der Waals surface area contributed by atoms with Gasteiger partial charge in [-0.3, -0.25) is 0 Å². The first-order chi connectivity index (χ1) is 10.2. The van der Waals surface area contributed by atoms with Crippen LogP contribution in [0.4, 0.5) is 28.9 Å². The molecule has 0 aromatic heterocycles. The molecule has 0 saturated heterocycles. The molecule has 3 nitrogen and oxygen atoms in total. The molecule has 0 spiro atoms. The maximum atomic E-state index is 13.0. The third-order valence-electron chi connectivity index (χ3n) is 3.04. The van der Waals surface area contributed by atoms with Gasteiger partial charge in [0.15, 0.2) is 0 Å². The van der Waals surface area contributed by atoms with Crippen molar-refractivity contribution in [2.75, 3.05) is 5.32 Å². The van der Waals surface area contributed by atoms with Crippen LogP contribution in [-0.4, -0.2) is 11.1 Å². The molecule has 0 amide bonds. The Morgan fingerprint density at radius 3 is 2.36 bits per heavy atom. The number of carboxylic acid groups (broad SMARTS) is 1. The lowest BCUT2D eigenvalue weighted by Gasteiger charge is -2.16. The van der Waals surface area contributed by atoms with Crippen LogP contribution >= 0.6 is 0 Å². The van der Waals surface area contributed by atoms with Crippen molar-refractivity contribution in [2.24, 2.45) is 0 Å². The summed E-state index contributed by atoms with van der Waals surface area (Å²) in [7, 11) is 0. The number of carboxylic acids is 1. The number of nitrogens with one attached hydrogen (secondary N) is 1. The van der Waals surface area contributed by atoms with Crippen molar-refractivity contribution >= 4 is 17.3 Å². The lowest BCUT2D eigenvalue weighted by Crippen LogP contribution is -2.15. The number of benzene rings is 2. The van der Waals surface area contributed by atoms with Crippen molar-refractivity contribution < 1.29 is 27.5 Å². The summed E-state index contributed by atoms with van der Waals surface area (Å²) in [5.74, 6) is -2.19. The molecule has 0 radical (unpaired) electrons. The topological polar surface area (TPSA) is 49.3 Å². The van der Waals surface area contributed by atoms with Crippen LogP contribution in [0.25, 0.3) is 0 Å². The predicted octanol–water partition coefficient (Wildman–Crippen LogP) is 4.59. The summed E-state index contributed by atoms with van der Waals surface area (Å²) in [6.45, 7) is 1.56. The summed E-state index contributed by atoms with van der Waals surface area (Å²) < 4.78 is 51.8. The lowest BCUT2D eigenvalue weighted by molar-refractivity contribution is -0.138. The van der Waals surface area contributed by atoms with E-state index in [1.165, 1.54) is 18.2 Å². The molecule has 116 valence electrons. The SMILES string of the molecule is Cc1cc(F)ccc1Nc1cccc(C(F)(F)F)c1C(=O)O. The smallest absolute Gasteiger partial charge is 0.417 e. The Morgan fingerprint density at radius 2 is 1.82 bits per heavy atom. The zero-order chi connectivity index (χ0) is 16.5. The second-order valence-electron chi connectivity index (χ2n) is 4.62. The first kappa shape index (κ1) is 15.8. The van der Waals surface area contributed by atoms with Crippen LogP contribution in [0.1, 0.15) is 21.5 Å². The fraction of sp³-hybridized carbons (Fsp3) is 0.133. The van der Waals surface area contributed by atoms with E-state index in [-0.39, 0.29) is 5.69 Å². The maximum absolute atomic E-state index is 13.0. The molecular weight excluding hydrogens is 302 g/mol. The molecule has 2 rings (SSSR count). The fourth-order valence-corrected chi connectivity index (χ4v) is 2.04. The van der Waals surface area contributed by atoms with Crippen LogP contribution in [0.15, 0.2) is 36.4 Å². The molecule has 0 fully saturated rings. The summed E-state index contributed by atoms with van der Waals surface area (Å²) >= 11 is 0. The van der Waals surface area contributed by atoms with Crippen molar-refractivity contribution in [1.82, 2.24) is 0 Å². The molecule has 2 N–H and O–H groups in total. The van der Waals surface area contributed by atoms with E-state index in [1.807, 2.05) is 0 Å². The highest BCUT2D eigenvalue weighted by atomic mass is 19.4. The quantitative estimate of drug-likeness (QED) is 0.815. The van der Waals surface area contributed by atoms with Crippen LogP contribution in [-0.2, 0) is 6.18 Å². The van der Waals surface area contributed by atoms with Crippen molar-refractivity contribution in [1.29, 1.82) is 0 Å². The third kappa shape index (κ3) is 3.19. The third-order valence-corrected chi connectivity index (χ3v) is 3.04. The Morgan fingerprint density at radius 1 is 1.14 bits per heavy atom. The minimum absolute atomic E-state index is 0.211. The average molecular weight is 313 g/mol. The monoisotopic (exact) mass is 313 g/mol. The maximum Gasteiger partial charge on any atom is 0.417 e. The minimum Gasteiger partial charge on any atom is -0.478 e. The average Bonchev–Trinajstić information content (AvgIpc) is 2.40. The van der Waals surface area contributed by atoms with Gasteiger partial charge < -0.3 is 10.4 Å². The lowest BCUT2D eigenvalue weighted by atomic mass is 10.0. The zero-order valence-corrected chi connectivity index (χ0v) is 11.3. The largest absolute Gasteiger partial charge is 0.478 e. The van der Waals surface area contributed by atoms with Crippen molar-refractivity contribution in [2.45, 2.75) is 13.1 Å². The van der Waals surface area contributed by atoms with Gasteiger partial charge in [-0.05, 0) is 42.8 Å². The number of aromatic carboxylic acids is 1. The number of rotatable bonds is 3. The Labute approximate surface area is 123 Å². The number of anilines is 2. The molecule has 2 aromatic rings. The molecule has 0 atom stereocenters. The Balaban J connectivity index is 2.54. The Hall–Kier alpha value is -2.57. The fourth-order valence-electron chi connectivity index (χ4n) is 2.04. The van der Waals surface area contributed by atoms with Gasteiger partial charge in [-0.1, -0.05) is 6.07 Å². The molecule has 0 aliphatic rings. The van der Waals surface area contributed by atoms with Gasteiger partial charge in [0.2, 0.25) is 0 Å². The molecule has 7 heteroatoms. The predicted molar refractivity (Wildman–Crippen MR) is 72.8 cm³/mol. The summed E-state index contributed by atoms with van der Waals surface area (Å²) in [5, 5.41) is 11.7. The van der Waals surface area contributed by atoms with Crippen LogP contribution in [0.5, 0.6) is 0 Å². The van der Waals surface area contributed by atoms with E-state index < -0.39 is 29.1 Å². The first-order valence-electron chi connectivity index (χ1n) is 6.17. The van der Waals surface area contributed by atoms with Crippen molar-refractivity contribution in [3.05, 3.63) is 58.9 Å².